The zero-order valence-electron chi connectivity index (χ0n) is 12.3. The molecule has 0 saturated heterocycles. The predicted molar refractivity (Wildman–Crippen MR) is 81.8 cm³/mol. The van der Waals surface area contributed by atoms with E-state index in [-0.39, 0.29) is 0 Å². The van der Waals surface area contributed by atoms with E-state index in [0.29, 0.717) is 12.5 Å². The molecule has 0 fully saturated rings. The average molecular weight is 264 g/mol. The van der Waals surface area contributed by atoms with Crippen molar-refractivity contribution in [3.63, 3.8) is 0 Å². The highest BCUT2D eigenvalue weighted by Gasteiger charge is 2.08. The molecule has 3 N–H and O–H groups in total. The zero-order valence-corrected chi connectivity index (χ0v) is 12.3. The number of benzene rings is 1. The van der Waals surface area contributed by atoms with Crippen molar-refractivity contribution in [1.29, 1.82) is 0 Å². The normalized spacial score (nSPS) is 12.4. The molecule has 3 nitrogen and oxygen atoms in total. The summed E-state index contributed by atoms with van der Waals surface area (Å²) >= 11 is 0. The minimum absolute atomic E-state index is 0.558. The monoisotopic (exact) mass is 264 g/mol. The molecule has 0 bridgehead atoms. The first kappa shape index (κ1) is 16.0. The van der Waals surface area contributed by atoms with E-state index in [0.717, 1.165) is 44.7 Å². The molecule has 0 aliphatic rings. The number of hydrogen-bond donors (Lipinski definition) is 2. The van der Waals surface area contributed by atoms with Gasteiger partial charge in [0.2, 0.25) is 0 Å². The van der Waals surface area contributed by atoms with Crippen molar-refractivity contribution in [3.05, 3.63) is 29.8 Å². The number of unbranched alkanes of at least 4 members (excludes halogenated alkanes) is 1. The summed E-state index contributed by atoms with van der Waals surface area (Å²) in [5.41, 5.74) is 6.74. The van der Waals surface area contributed by atoms with Crippen molar-refractivity contribution in [2.24, 2.45) is 5.73 Å². The van der Waals surface area contributed by atoms with E-state index in [1.165, 1.54) is 5.56 Å². The lowest BCUT2D eigenvalue weighted by molar-refractivity contribution is 0.301. The maximum atomic E-state index is 5.91. The molecule has 1 atom stereocenters. The third kappa shape index (κ3) is 6.08. The highest BCUT2D eigenvalue weighted by atomic mass is 16.5. The van der Waals surface area contributed by atoms with Crippen molar-refractivity contribution in [3.8, 4) is 5.75 Å². The molecule has 0 radical (unpaired) electrons. The molecule has 0 spiro atoms. The first-order chi connectivity index (χ1) is 9.29. The number of hydrogen-bond acceptors (Lipinski definition) is 3. The molecule has 1 rings (SSSR count). The molecule has 3 heteroatoms. The Morgan fingerprint density at radius 2 is 2.00 bits per heavy atom. The van der Waals surface area contributed by atoms with Gasteiger partial charge >= 0.3 is 0 Å². The third-order valence-corrected chi connectivity index (χ3v) is 3.39. The van der Waals surface area contributed by atoms with Gasteiger partial charge in [-0.1, -0.05) is 32.0 Å². The summed E-state index contributed by atoms with van der Waals surface area (Å²) in [5, 5.41) is 3.29. The fourth-order valence-electron chi connectivity index (χ4n) is 2.00. The van der Waals surface area contributed by atoms with E-state index >= 15 is 0 Å². The van der Waals surface area contributed by atoms with Crippen LogP contribution in [0, 0.1) is 0 Å². The lowest BCUT2D eigenvalue weighted by atomic mass is 9.98. The number of nitrogens with two attached hydrogens (primary N) is 1. The van der Waals surface area contributed by atoms with Crippen molar-refractivity contribution in [2.45, 2.75) is 39.0 Å². The number of rotatable bonds is 10. The molecule has 1 aromatic carbocycles. The Kier molecular flexibility index (Phi) is 8.26. The Morgan fingerprint density at radius 3 is 2.74 bits per heavy atom. The minimum Gasteiger partial charge on any atom is -0.493 e. The van der Waals surface area contributed by atoms with E-state index in [9.17, 15) is 0 Å². The van der Waals surface area contributed by atoms with Crippen LogP contribution in [0.5, 0.6) is 5.75 Å². The van der Waals surface area contributed by atoms with Gasteiger partial charge in [0.05, 0.1) is 6.61 Å². The second kappa shape index (κ2) is 9.82. The summed E-state index contributed by atoms with van der Waals surface area (Å²) in [6, 6.07) is 8.38. The molecule has 0 heterocycles. The molecule has 0 saturated carbocycles. The Balaban J connectivity index is 2.29. The van der Waals surface area contributed by atoms with Crippen LogP contribution in [0.4, 0.5) is 0 Å². The molecule has 0 aromatic heterocycles. The van der Waals surface area contributed by atoms with Crippen molar-refractivity contribution in [2.75, 3.05) is 26.2 Å². The van der Waals surface area contributed by atoms with E-state index < -0.39 is 0 Å². The number of para-hydroxylation sites is 1. The van der Waals surface area contributed by atoms with Gasteiger partial charge in [0.1, 0.15) is 5.75 Å². The van der Waals surface area contributed by atoms with Gasteiger partial charge in [-0.2, -0.15) is 0 Å². The van der Waals surface area contributed by atoms with Crippen molar-refractivity contribution < 1.29 is 4.74 Å². The fourth-order valence-corrected chi connectivity index (χ4v) is 2.00. The molecular weight excluding hydrogens is 236 g/mol. The molecule has 19 heavy (non-hydrogen) atoms. The quantitative estimate of drug-likeness (QED) is 0.639. The molecule has 1 aromatic rings. The van der Waals surface area contributed by atoms with Crippen LogP contribution < -0.4 is 15.8 Å². The number of ether oxygens (including phenoxy) is 1. The smallest absolute Gasteiger partial charge is 0.122 e. The van der Waals surface area contributed by atoms with Crippen LogP contribution in [0.3, 0.4) is 0 Å². The zero-order chi connectivity index (χ0) is 13.9. The van der Waals surface area contributed by atoms with E-state index in [1.807, 2.05) is 6.07 Å². The predicted octanol–water partition coefficient (Wildman–Crippen LogP) is 2.91. The molecule has 1 unspecified atom stereocenters. The summed E-state index contributed by atoms with van der Waals surface area (Å²) in [6.45, 7) is 7.88. The average Bonchev–Trinajstić information content (AvgIpc) is 2.46. The van der Waals surface area contributed by atoms with E-state index in [1.54, 1.807) is 0 Å². The van der Waals surface area contributed by atoms with Gasteiger partial charge < -0.3 is 15.8 Å². The summed E-state index contributed by atoms with van der Waals surface area (Å²) in [5.74, 6) is 1.61. The van der Waals surface area contributed by atoms with Crippen LogP contribution in [0.2, 0.25) is 0 Å². The Bertz CT molecular complexity index is 341. The first-order valence-corrected chi connectivity index (χ1v) is 7.42. The minimum atomic E-state index is 0.558. The van der Waals surface area contributed by atoms with Gasteiger partial charge in [-0.05, 0) is 43.4 Å². The molecule has 0 aliphatic heterocycles. The van der Waals surface area contributed by atoms with Crippen LogP contribution >= 0.6 is 0 Å². The number of nitrogens with one attached hydrogen (secondary N) is 1. The largest absolute Gasteiger partial charge is 0.493 e. The van der Waals surface area contributed by atoms with Crippen LogP contribution in [0.15, 0.2) is 24.3 Å². The third-order valence-electron chi connectivity index (χ3n) is 3.39. The van der Waals surface area contributed by atoms with Gasteiger partial charge in [-0.3, -0.25) is 0 Å². The van der Waals surface area contributed by atoms with Crippen LogP contribution in [-0.2, 0) is 0 Å². The topological polar surface area (TPSA) is 47.3 Å². The maximum absolute atomic E-state index is 5.91. The molecule has 0 aliphatic carbocycles. The van der Waals surface area contributed by atoms with Crippen LogP contribution in [-0.4, -0.2) is 26.2 Å². The summed E-state index contributed by atoms with van der Waals surface area (Å²) in [7, 11) is 0. The lowest BCUT2D eigenvalue weighted by Gasteiger charge is -2.15. The van der Waals surface area contributed by atoms with Crippen LogP contribution in [0.1, 0.15) is 44.6 Å². The standard InChI is InChI=1S/C16H28N2O/c1-3-14(2)15-8-4-5-9-16(15)19-13-7-6-11-18-12-10-17/h4-5,8-9,14,18H,3,6-7,10-13,17H2,1-2H3. The lowest BCUT2D eigenvalue weighted by Crippen LogP contribution is -2.23. The van der Waals surface area contributed by atoms with Gasteiger partial charge in [-0.15, -0.1) is 0 Å². The van der Waals surface area contributed by atoms with Gasteiger partial charge in [0, 0.05) is 13.1 Å². The van der Waals surface area contributed by atoms with Crippen molar-refractivity contribution in [1.82, 2.24) is 5.32 Å². The second-order valence-electron chi connectivity index (χ2n) is 4.94. The SMILES string of the molecule is CCC(C)c1ccccc1OCCCCNCCN. The summed E-state index contributed by atoms with van der Waals surface area (Å²) < 4.78 is 5.91. The van der Waals surface area contributed by atoms with Gasteiger partial charge in [0.15, 0.2) is 0 Å². The van der Waals surface area contributed by atoms with E-state index in [2.05, 4.69) is 37.4 Å². The highest BCUT2D eigenvalue weighted by Crippen LogP contribution is 2.28. The first-order valence-electron chi connectivity index (χ1n) is 7.42. The maximum Gasteiger partial charge on any atom is 0.122 e. The van der Waals surface area contributed by atoms with Gasteiger partial charge in [-0.25, -0.2) is 0 Å². The summed E-state index contributed by atoms with van der Waals surface area (Å²) in [4.78, 5) is 0. The Hall–Kier alpha value is -1.06. The molecule has 0 amide bonds. The van der Waals surface area contributed by atoms with Gasteiger partial charge in [0.25, 0.3) is 0 Å². The Morgan fingerprint density at radius 1 is 1.21 bits per heavy atom. The van der Waals surface area contributed by atoms with Crippen molar-refractivity contribution >= 4 is 0 Å². The summed E-state index contributed by atoms with van der Waals surface area (Å²) in [6.07, 6.45) is 3.35. The highest BCUT2D eigenvalue weighted by molar-refractivity contribution is 5.35. The second-order valence-corrected chi connectivity index (χ2v) is 4.94. The van der Waals surface area contributed by atoms with Crippen LogP contribution in [0.25, 0.3) is 0 Å². The molecule has 108 valence electrons. The molecular formula is C16H28N2O. The fraction of sp³-hybridized carbons (Fsp3) is 0.625. The van der Waals surface area contributed by atoms with E-state index in [4.69, 9.17) is 10.5 Å². The Labute approximate surface area is 117 Å².